The zero-order chi connectivity index (χ0) is 13.8. The van der Waals surface area contributed by atoms with Crippen LogP contribution in [0.1, 0.15) is 30.7 Å². The van der Waals surface area contributed by atoms with E-state index in [0.29, 0.717) is 6.04 Å². The molecule has 2 heterocycles. The molecular formula is C17H18N2S. The van der Waals surface area contributed by atoms with Crippen LogP contribution in [-0.2, 0) is 0 Å². The summed E-state index contributed by atoms with van der Waals surface area (Å²) in [5, 5.41) is 8.18. The lowest BCUT2D eigenvalue weighted by Crippen LogP contribution is -2.10. The number of hydrogen-bond acceptors (Lipinski definition) is 3. The van der Waals surface area contributed by atoms with E-state index in [4.69, 9.17) is 0 Å². The van der Waals surface area contributed by atoms with Crippen LogP contribution in [0.4, 0.5) is 5.82 Å². The van der Waals surface area contributed by atoms with Crippen LogP contribution in [0.25, 0.3) is 10.8 Å². The van der Waals surface area contributed by atoms with Gasteiger partial charge in [0.15, 0.2) is 0 Å². The Bertz CT molecular complexity index is 671. The maximum absolute atomic E-state index is 4.53. The molecule has 0 fully saturated rings. The highest BCUT2D eigenvalue weighted by atomic mass is 32.1. The number of anilines is 1. The van der Waals surface area contributed by atoms with Crippen molar-refractivity contribution in [3.05, 3.63) is 58.9 Å². The molecule has 0 radical (unpaired) electrons. The van der Waals surface area contributed by atoms with Gasteiger partial charge in [-0.1, -0.05) is 43.7 Å². The van der Waals surface area contributed by atoms with Gasteiger partial charge in [-0.2, -0.15) is 0 Å². The zero-order valence-corrected chi connectivity index (χ0v) is 12.4. The molecule has 20 heavy (non-hydrogen) atoms. The summed E-state index contributed by atoms with van der Waals surface area (Å²) in [7, 11) is 0. The van der Waals surface area contributed by atoms with E-state index in [2.05, 4.69) is 65.1 Å². The van der Waals surface area contributed by atoms with Crippen LogP contribution >= 0.6 is 11.3 Å². The number of rotatable bonds is 5. The predicted octanol–water partition coefficient (Wildman–Crippen LogP) is 5.25. The molecule has 0 bridgehead atoms. The Labute approximate surface area is 123 Å². The predicted molar refractivity (Wildman–Crippen MR) is 87.3 cm³/mol. The third kappa shape index (κ3) is 2.68. The van der Waals surface area contributed by atoms with Gasteiger partial charge in [0.05, 0.1) is 6.04 Å². The lowest BCUT2D eigenvalue weighted by molar-refractivity contribution is 0.685. The van der Waals surface area contributed by atoms with E-state index in [-0.39, 0.29) is 0 Å². The van der Waals surface area contributed by atoms with Gasteiger partial charge in [0.1, 0.15) is 5.82 Å². The molecule has 1 atom stereocenters. The Balaban J connectivity index is 1.94. The first-order valence-corrected chi connectivity index (χ1v) is 7.90. The molecule has 1 aromatic carbocycles. The van der Waals surface area contributed by atoms with E-state index in [0.717, 1.165) is 18.7 Å². The molecule has 0 amide bonds. The fraction of sp³-hybridized carbons (Fsp3) is 0.235. The molecule has 0 saturated heterocycles. The third-order valence-corrected chi connectivity index (χ3v) is 4.43. The van der Waals surface area contributed by atoms with Gasteiger partial charge in [0.25, 0.3) is 0 Å². The largest absolute Gasteiger partial charge is 0.362 e. The smallest absolute Gasteiger partial charge is 0.134 e. The van der Waals surface area contributed by atoms with Gasteiger partial charge in [0, 0.05) is 16.5 Å². The normalized spacial score (nSPS) is 12.4. The summed E-state index contributed by atoms with van der Waals surface area (Å²) in [5.41, 5.74) is 0. The SMILES string of the molecule is CCCC(Nc1nccc2ccccc12)c1cccs1. The summed E-state index contributed by atoms with van der Waals surface area (Å²) in [6.45, 7) is 2.22. The van der Waals surface area contributed by atoms with Crippen LogP contribution < -0.4 is 5.32 Å². The van der Waals surface area contributed by atoms with Crippen LogP contribution in [0.3, 0.4) is 0 Å². The Morgan fingerprint density at radius 2 is 2.05 bits per heavy atom. The molecule has 3 rings (SSSR count). The fourth-order valence-corrected chi connectivity index (χ4v) is 3.28. The van der Waals surface area contributed by atoms with E-state index in [1.165, 1.54) is 15.6 Å². The minimum Gasteiger partial charge on any atom is -0.362 e. The lowest BCUT2D eigenvalue weighted by Gasteiger charge is -2.18. The minimum atomic E-state index is 0.346. The quantitative estimate of drug-likeness (QED) is 0.691. The van der Waals surface area contributed by atoms with Crippen molar-refractivity contribution in [3.8, 4) is 0 Å². The lowest BCUT2D eigenvalue weighted by atomic mass is 10.1. The van der Waals surface area contributed by atoms with Gasteiger partial charge in [0.2, 0.25) is 0 Å². The number of hydrogen-bond donors (Lipinski definition) is 1. The van der Waals surface area contributed by atoms with Gasteiger partial charge in [-0.15, -0.1) is 11.3 Å². The Morgan fingerprint density at radius 1 is 1.15 bits per heavy atom. The number of nitrogens with zero attached hydrogens (tertiary/aromatic N) is 1. The van der Waals surface area contributed by atoms with Gasteiger partial charge in [-0.25, -0.2) is 4.98 Å². The molecule has 1 N–H and O–H groups in total. The number of thiophene rings is 1. The van der Waals surface area contributed by atoms with Gasteiger partial charge in [-0.05, 0) is 29.3 Å². The van der Waals surface area contributed by atoms with Crippen molar-refractivity contribution < 1.29 is 0 Å². The third-order valence-electron chi connectivity index (χ3n) is 3.45. The minimum absolute atomic E-state index is 0.346. The average molecular weight is 282 g/mol. The van der Waals surface area contributed by atoms with Crippen molar-refractivity contribution in [2.75, 3.05) is 5.32 Å². The first-order chi connectivity index (χ1) is 9.88. The number of fused-ring (bicyclic) bond motifs is 1. The van der Waals surface area contributed by atoms with Crippen molar-refractivity contribution in [1.82, 2.24) is 4.98 Å². The molecule has 1 unspecified atom stereocenters. The van der Waals surface area contributed by atoms with Crippen LogP contribution in [0.5, 0.6) is 0 Å². The first-order valence-electron chi connectivity index (χ1n) is 7.02. The fourth-order valence-electron chi connectivity index (χ4n) is 2.46. The van der Waals surface area contributed by atoms with Crippen molar-refractivity contribution in [1.29, 1.82) is 0 Å². The van der Waals surface area contributed by atoms with Crippen molar-refractivity contribution in [3.63, 3.8) is 0 Å². The van der Waals surface area contributed by atoms with E-state index >= 15 is 0 Å². The molecule has 0 aliphatic carbocycles. The average Bonchev–Trinajstić information content (AvgIpc) is 3.01. The van der Waals surface area contributed by atoms with Gasteiger partial charge < -0.3 is 5.32 Å². The maximum Gasteiger partial charge on any atom is 0.134 e. The number of benzene rings is 1. The highest BCUT2D eigenvalue weighted by Gasteiger charge is 2.13. The molecule has 0 spiro atoms. The monoisotopic (exact) mass is 282 g/mol. The maximum atomic E-state index is 4.53. The number of nitrogens with one attached hydrogen (secondary N) is 1. The summed E-state index contributed by atoms with van der Waals surface area (Å²) in [5.74, 6) is 0.981. The molecule has 2 aromatic heterocycles. The molecule has 0 saturated carbocycles. The standard InChI is InChI=1S/C17H18N2S/c1-2-6-15(16-9-5-12-20-16)19-17-14-8-4-3-7-13(14)10-11-18-17/h3-5,7-12,15H,2,6H2,1H3,(H,18,19). The van der Waals surface area contributed by atoms with Crippen molar-refractivity contribution in [2.45, 2.75) is 25.8 Å². The van der Waals surface area contributed by atoms with Crippen LogP contribution in [0, 0.1) is 0 Å². The molecule has 102 valence electrons. The van der Waals surface area contributed by atoms with E-state index in [1.54, 1.807) is 11.3 Å². The molecular weight excluding hydrogens is 264 g/mol. The Morgan fingerprint density at radius 3 is 2.85 bits per heavy atom. The summed E-state index contributed by atoms with van der Waals surface area (Å²) in [6, 6.07) is 15.1. The van der Waals surface area contributed by atoms with Crippen molar-refractivity contribution in [2.24, 2.45) is 0 Å². The summed E-state index contributed by atoms with van der Waals surface area (Å²) < 4.78 is 0. The molecule has 0 aliphatic heterocycles. The highest BCUT2D eigenvalue weighted by Crippen LogP contribution is 2.29. The Kier molecular flexibility index (Phi) is 3.97. The second kappa shape index (κ2) is 6.06. The van der Waals surface area contributed by atoms with E-state index in [9.17, 15) is 0 Å². The van der Waals surface area contributed by atoms with Crippen molar-refractivity contribution >= 4 is 27.9 Å². The second-order valence-corrected chi connectivity index (χ2v) is 5.86. The zero-order valence-electron chi connectivity index (χ0n) is 11.5. The van der Waals surface area contributed by atoms with Gasteiger partial charge in [-0.3, -0.25) is 0 Å². The molecule has 3 aromatic rings. The number of pyridine rings is 1. The summed E-state index contributed by atoms with van der Waals surface area (Å²) >= 11 is 1.81. The number of aromatic nitrogens is 1. The Hall–Kier alpha value is -1.87. The molecule has 0 aliphatic rings. The van der Waals surface area contributed by atoms with E-state index < -0.39 is 0 Å². The van der Waals surface area contributed by atoms with Crippen LogP contribution in [0.2, 0.25) is 0 Å². The molecule has 3 heteroatoms. The van der Waals surface area contributed by atoms with Gasteiger partial charge >= 0.3 is 0 Å². The van der Waals surface area contributed by atoms with Crippen LogP contribution in [0.15, 0.2) is 54.0 Å². The topological polar surface area (TPSA) is 24.9 Å². The first kappa shape index (κ1) is 13.1. The molecule has 2 nitrogen and oxygen atoms in total. The van der Waals surface area contributed by atoms with E-state index in [1.807, 2.05) is 6.20 Å². The summed E-state index contributed by atoms with van der Waals surface area (Å²) in [4.78, 5) is 5.91. The second-order valence-electron chi connectivity index (χ2n) is 4.88. The van der Waals surface area contributed by atoms with Crippen LogP contribution in [-0.4, -0.2) is 4.98 Å². The highest BCUT2D eigenvalue weighted by molar-refractivity contribution is 7.10. The summed E-state index contributed by atoms with van der Waals surface area (Å²) in [6.07, 6.45) is 4.15.